The highest BCUT2D eigenvalue weighted by Gasteiger charge is 2.09. The van der Waals surface area contributed by atoms with Crippen molar-refractivity contribution in [3.8, 4) is 0 Å². The largest absolute Gasteiger partial charge is 0.359 e. The number of halogens is 1. The predicted molar refractivity (Wildman–Crippen MR) is 87.6 cm³/mol. The highest BCUT2D eigenvalue weighted by atomic mass is 35.5. The first-order chi connectivity index (χ1) is 10.2. The molecule has 2 N–H and O–H groups in total. The van der Waals surface area contributed by atoms with Crippen LogP contribution in [0.1, 0.15) is 25.3 Å². The maximum Gasteiger partial charge on any atom is 0.219 e. The monoisotopic (exact) mass is 307 g/mol. The van der Waals surface area contributed by atoms with Gasteiger partial charge in [-0.25, -0.2) is 0 Å². The fourth-order valence-corrected chi connectivity index (χ4v) is 2.63. The van der Waals surface area contributed by atoms with Crippen molar-refractivity contribution in [3.63, 3.8) is 0 Å². The molecule has 5 heteroatoms. The van der Waals surface area contributed by atoms with Crippen LogP contribution in [0, 0.1) is 0 Å². The number of rotatable bonds is 7. The highest BCUT2D eigenvalue weighted by molar-refractivity contribution is 6.31. The summed E-state index contributed by atoms with van der Waals surface area (Å²) in [5, 5.41) is 7.97. The second kappa shape index (κ2) is 7.48. The Bertz CT molecular complexity index is 621. The van der Waals surface area contributed by atoms with Crippen molar-refractivity contribution in [3.05, 3.63) is 35.0 Å². The number of amides is 1. The molecule has 114 valence electrons. The van der Waals surface area contributed by atoms with Crippen molar-refractivity contribution >= 4 is 28.4 Å². The van der Waals surface area contributed by atoms with Gasteiger partial charge in [0.1, 0.15) is 0 Å². The third kappa shape index (κ3) is 3.99. The molecule has 0 aliphatic heterocycles. The first-order valence-electron chi connectivity index (χ1n) is 7.34. The average molecular weight is 308 g/mol. The molecule has 0 fully saturated rings. The number of nitrogens with zero attached hydrogens (tertiary/aromatic N) is 1. The zero-order chi connectivity index (χ0) is 15.2. The summed E-state index contributed by atoms with van der Waals surface area (Å²) in [4.78, 5) is 11.3. The molecule has 0 bridgehead atoms. The Hall–Kier alpha value is -1.52. The van der Waals surface area contributed by atoms with Gasteiger partial charge in [0.05, 0.1) is 0 Å². The van der Waals surface area contributed by atoms with Crippen LogP contribution in [0.3, 0.4) is 0 Å². The van der Waals surface area contributed by atoms with Crippen molar-refractivity contribution in [2.75, 3.05) is 13.6 Å². The van der Waals surface area contributed by atoms with Gasteiger partial charge < -0.3 is 15.2 Å². The Morgan fingerprint density at radius 3 is 2.90 bits per heavy atom. The van der Waals surface area contributed by atoms with E-state index in [0.717, 1.165) is 36.6 Å². The van der Waals surface area contributed by atoms with E-state index >= 15 is 0 Å². The van der Waals surface area contributed by atoms with Crippen LogP contribution in [0.25, 0.3) is 10.9 Å². The molecular formula is C16H22ClN3O. The van der Waals surface area contributed by atoms with E-state index in [2.05, 4.69) is 34.4 Å². The maximum absolute atomic E-state index is 11.3. The molecule has 0 spiro atoms. The van der Waals surface area contributed by atoms with Crippen molar-refractivity contribution in [2.24, 2.45) is 0 Å². The lowest BCUT2D eigenvalue weighted by molar-refractivity contribution is -0.120. The smallest absolute Gasteiger partial charge is 0.219 e. The standard InChI is InChI=1S/C16H22ClN3O/c1-3-19-10-12-11-20(8-4-5-16(21)18-2)15-9-13(17)6-7-14(12)15/h6-7,9,11,19H,3-5,8,10H2,1-2H3,(H,18,21). The van der Waals surface area contributed by atoms with Gasteiger partial charge in [0.15, 0.2) is 0 Å². The number of fused-ring (bicyclic) bond motifs is 1. The summed E-state index contributed by atoms with van der Waals surface area (Å²) in [6.45, 7) is 4.70. The fourth-order valence-electron chi connectivity index (χ4n) is 2.46. The summed E-state index contributed by atoms with van der Waals surface area (Å²) in [5.74, 6) is 0.0809. The molecule has 4 nitrogen and oxygen atoms in total. The molecular weight excluding hydrogens is 286 g/mol. The van der Waals surface area contributed by atoms with E-state index in [1.54, 1.807) is 7.05 Å². The van der Waals surface area contributed by atoms with Crippen molar-refractivity contribution in [1.82, 2.24) is 15.2 Å². The summed E-state index contributed by atoms with van der Waals surface area (Å²) in [5.41, 5.74) is 2.40. The SMILES string of the molecule is CCNCc1cn(CCCC(=O)NC)c2cc(Cl)ccc12. The average Bonchev–Trinajstić information content (AvgIpc) is 2.82. The minimum absolute atomic E-state index is 0.0809. The van der Waals surface area contributed by atoms with Crippen LogP contribution in [-0.2, 0) is 17.9 Å². The van der Waals surface area contributed by atoms with Gasteiger partial charge in [-0.15, -0.1) is 0 Å². The van der Waals surface area contributed by atoms with Gasteiger partial charge in [0.25, 0.3) is 0 Å². The fraction of sp³-hybridized carbons (Fsp3) is 0.438. The van der Waals surface area contributed by atoms with Crippen LogP contribution in [0.4, 0.5) is 0 Å². The van der Waals surface area contributed by atoms with Gasteiger partial charge in [-0.3, -0.25) is 4.79 Å². The molecule has 0 aliphatic carbocycles. The number of hydrogen-bond donors (Lipinski definition) is 2. The first kappa shape index (κ1) is 15.9. The lowest BCUT2D eigenvalue weighted by Gasteiger charge is -2.05. The Labute approximate surface area is 130 Å². The maximum atomic E-state index is 11.3. The van der Waals surface area contributed by atoms with E-state index in [1.165, 1.54) is 10.9 Å². The van der Waals surface area contributed by atoms with Gasteiger partial charge in [-0.2, -0.15) is 0 Å². The molecule has 1 heterocycles. The lowest BCUT2D eigenvalue weighted by Crippen LogP contribution is -2.17. The third-order valence-corrected chi connectivity index (χ3v) is 3.81. The molecule has 1 aromatic heterocycles. The third-order valence-electron chi connectivity index (χ3n) is 3.57. The molecule has 2 aromatic rings. The van der Waals surface area contributed by atoms with E-state index in [1.807, 2.05) is 12.1 Å². The van der Waals surface area contributed by atoms with Crippen LogP contribution in [0.2, 0.25) is 5.02 Å². The summed E-state index contributed by atoms with van der Waals surface area (Å²) in [7, 11) is 1.67. The Morgan fingerprint density at radius 1 is 1.38 bits per heavy atom. The Balaban J connectivity index is 2.20. The zero-order valence-electron chi connectivity index (χ0n) is 12.6. The molecule has 1 aromatic carbocycles. The molecule has 21 heavy (non-hydrogen) atoms. The van der Waals surface area contributed by atoms with Crippen LogP contribution in [-0.4, -0.2) is 24.1 Å². The molecule has 0 aliphatic rings. The summed E-state index contributed by atoms with van der Waals surface area (Å²) < 4.78 is 2.19. The van der Waals surface area contributed by atoms with E-state index in [0.29, 0.717) is 6.42 Å². The van der Waals surface area contributed by atoms with E-state index < -0.39 is 0 Å². The van der Waals surface area contributed by atoms with Gasteiger partial charge >= 0.3 is 0 Å². The first-order valence-corrected chi connectivity index (χ1v) is 7.72. The van der Waals surface area contributed by atoms with Crippen molar-refractivity contribution in [2.45, 2.75) is 32.9 Å². The van der Waals surface area contributed by atoms with Crippen LogP contribution in [0.15, 0.2) is 24.4 Å². The van der Waals surface area contributed by atoms with Crippen molar-refractivity contribution < 1.29 is 4.79 Å². The second-order valence-electron chi connectivity index (χ2n) is 5.07. The number of benzene rings is 1. The summed E-state index contributed by atoms with van der Waals surface area (Å²) in [6.07, 6.45) is 3.52. The van der Waals surface area contributed by atoms with Crippen LogP contribution >= 0.6 is 11.6 Å². The number of hydrogen-bond acceptors (Lipinski definition) is 2. The quantitative estimate of drug-likeness (QED) is 0.826. The Morgan fingerprint density at radius 2 is 2.19 bits per heavy atom. The Kier molecular flexibility index (Phi) is 5.65. The number of aryl methyl sites for hydroxylation is 1. The highest BCUT2D eigenvalue weighted by Crippen LogP contribution is 2.25. The van der Waals surface area contributed by atoms with Crippen LogP contribution in [0.5, 0.6) is 0 Å². The molecule has 0 saturated heterocycles. The van der Waals surface area contributed by atoms with Crippen LogP contribution < -0.4 is 10.6 Å². The number of aromatic nitrogens is 1. The number of nitrogens with one attached hydrogen (secondary N) is 2. The summed E-state index contributed by atoms with van der Waals surface area (Å²) >= 11 is 6.12. The lowest BCUT2D eigenvalue weighted by atomic mass is 10.2. The molecule has 0 radical (unpaired) electrons. The van der Waals surface area contributed by atoms with E-state index in [9.17, 15) is 4.79 Å². The minimum atomic E-state index is 0.0809. The minimum Gasteiger partial charge on any atom is -0.359 e. The molecule has 2 rings (SSSR count). The van der Waals surface area contributed by atoms with E-state index in [-0.39, 0.29) is 5.91 Å². The zero-order valence-corrected chi connectivity index (χ0v) is 13.3. The van der Waals surface area contributed by atoms with Gasteiger partial charge in [-0.1, -0.05) is 24.6 Å². The van der Waals surface area contributed by atoms with E-state index in [4.69, 9.17) is 11.6 Å². The second-order valence-corrected chi connectivity index (χ2v) is 5.50. The topological polar surface area (TPSA) is 46.1 Å². The molecule has 1 amide bonds. The predicted octanol–water partition coefficient (Wildman–Crippen LogP) is 2.93. The van der Waals surface area contributed by atoms with Gasteiger partial charge in [0.2, 0.25) is 5.91 Å². The molecule has 0 unspecified atom stereocenters. The summed E-state index contributed by atoms with van der Waals surface area (Å²) in [6, 6.07) is 5.99. The number of carbonyl (C=O) groups excluding carboxylic acids is 1. The molecule has 0 saturated carbocycles. The normalized spacial score (nSPS) is 11.0. The molecule has 0 atom stereocenters. The van der Waals surface area contributed by atoms with Gasteiger partial charge in [-0.05, 0) is 30.7 Å². The van der Waals surface area contributed by atoms with Crippen molar-refractivity contribution in [1.29, 1.82) is 0 Å². The number of carbonyl (C=O) groups is 1. The van der Waals surface area contributed by atoms with Gasteiger partial charge in [0, 0.05) is 48.7 Å².